The predicted octanol–water partition coefficient (Wildman–Crippen LogP) is 2.99. The number of benzene rings is 1. The number of carbonyl (C=O) groups is 1. The molecule has 0 saturated carbocycles. The number of hydrogen-bond donors (Lipinski definition) is 0. The minimum atomic E-state index is -4.41. The molecule has 80 valence electrons. The fourth-order valence-corrected chi connectivity index (χ4v) is 1.91. The lowest BCUT2D eigenvalue weighted by Gasteiger charge is -2.24. The lowest BCUT2D eigenvalue weighted by Crippen LogP contribution is -2.34. The van der Waals surface area contributed by atoms with Gasteiger partial charge in [-0.1, -0.05) is 24.3 Å². The van der Waals surface area contributed by atoms with E-state index < -0.39 is 17.9 Å². The average Bonchev–Trinajstić information content (AvgIpc) is 2.16. The van der Waals surface area contributed by atoms with E-state index in [1.165, 1.54) is 6.07 Å². The Morgan fingerprint density at radius 1 is 1.20 bits per heavy atom. The summed E-state index contributed by atoms with van der Waals surface area (Å²) < 4.78 is 37.4. The Morgan fingerprint density at radius 2 is 1.87 bits per heavy atom. The maximum absolute atomic E-state index is 12.5. The van der Waals surface area contributed by atoms with Crippen molar-refractivity contribution < 1.29 is 18.0 Å². The quantitative estimate of drug-likeness (QED) is 0.648. The number of halogens is 3. The van der Waals surface area contributed by atoms with Crippen LogP contribution in [0.4, 0.5) is 13.2 Å². The van der Waals surface area contributed by atoms with E-state index in [0.717, 1.165) is 5.56 Å². The van der Waals surface area contributed by atoms with Crippen molar-refractivity contribution in [1.82, 2.24) is 0 Å². The normalized spacial score (nSPS) is 21.3. The molecule has 1 atom stereocenters. The van der Waals surface area contributed by atoms with Gasteiger partial charge in [0, 0.05) is 5.56 Å². The summed E-state index contributed by atoms with van der Waals surface area (Å²) in [7, 11) is 0. The van der Waals surface area contributed by atoms with Gasteiger partial charge >= 0.3 is 6.18 Å². The maximum Gasteiger partial charge on any atom is 0.398 e. The fraction of sp³-hybridized carbons (Fsp3) is 0.364. The topological polar surface area (TPSA) is 17.1 Å². The van der Waals surface area contributed by atoms with Crippen LogP contribution in [0.5, 0.6) is 0 Å². The van der Waals surface area contributed by atoms with Crippen LogP contribution in [0.25, 0.3) is 0 Å². The summed E-state index contributed by atoms with van der Waals surface area (Å²) in [6, 6.07) is 6.50. The van der Waals surface area contributed by atoms with Crippen LogP contribution in [0.15, 0.2) is 24.3 Å². The number of ketones is 1. The SMILES string of the molecule is O=C1c2ccccc2CC[C@H]1C(F)(F)F. The molecule has 0 radical (unpaired) electrons. The number of aryl methyl sites for hydroxylation is 1. The largest absolute Gasteiger partial charge is 0.398 e. The number of hydrogen-bond acceptors (Lipinski definition) is 1. The molecule has 0 saturated heterocycles. The van der Waals surface area contributed by atoms with Gasteiger partial charge in [0.15, 0.2) is 5.78 Å². The van der Waals surface area contributed by atoms with Crippen molar-refractivity contribution in [2.75, 3.05) is 0 Å². The standard InChI is InChI=1S/C11H9F3O/c12-11(13,14)9-6-5-7-3-1-2-4-8(7)10(9)15/h1-4,9H,5-6H2/t9-/m1/s1. The Bertz CT molecular complexity index is 395. The maximum atomic E-state index is 12.5. The minimum absolute atomic E-state index is 0.126. The van der Waals surface area contributed by atoms with E-state index in [0.29, 0.717) is 6.42 Å². The van der Waals surface area contributed by atoms with Crippen molar-refractivity contribution in [3.05, 3.63) is 35.4 Å². The molecule has 1 nitrogen and oxygen atoms in total. The van der Waals surface area contributed by atoms with Crippen molar-refractivity contribution in [1.29, 1.82) is 0 Å². The zero-order valence-corrected chi connectivity index (χ0v) is 7.84. The molecule has 0 bridgehead atoms. The highest BCUT2D eigenvalue weighted by Crippen LogP contribution is 2.36. The summed E-state index contributed by atoms with van der Waals surface area (Å²) in [5.74, 6) is -2.60. The van der Waals surface area contributed by atoms with Crippen molar-refractivity contribution in [3.8, 4) is 0 Å². The second kappa shape index (κ2) is 3.36. The summed E-state index contributed by atoms with van der Waals surface area (Å²) >= 11 is 0. The monoisotopic (exact) mass is 214 g/mol. The Morgan fingerprint density at radius 3 is 2.53 bits per heavy atom. The first-order chi connectivity index (χ1) is 7.00. The fourth-order valence-electron chi connectivity index (χ4n) is 1.91. The zero-order valence-electron chi connectivity index (χ0n) is 7.84. The second-order valence-electron chi connectivity index (χ2n) is 3.65. The molecule has 0 fully saturated rings. The number of carbonyl (C=O) groups excluding carboxylic acids is 1. The van der Waals surface area contributed by atoms with E-state index >= 15 is 0 Å². The molecule has 1 aromatic carbocycles. The molecule has 1 aliphatic carbocycles. The molecule has 0 spiro atoms. The van der Waals surface area contributed by atoms with Gasteiger partial charge in [0.25, 0.3) is 0 Å². The molecule has 0 aliphatic heterocycles. The lowest BCUT2D eigenvalue weighted by molar-refractivity contribution is -0.162. The summed E-state index contributed by atoms with van der Waals surface area (Å²) in [5, 5.41) is 0. The van der Waals surface area contributed by atoms with E-state index in [4.69, 9.17) is 0 Å². The van der Waals surface area contributed by atoms with Gasteiger partial charge in [0.2, 0.25) is 0 Å². The number of fused-ring (bicyclic) bond motifs is 1. The van der Waals surface area contributed by atoms with Gasteiger partial charge in [-0.2, -0.15) is 13.2 Å². The highest BCUT2D eigenvalue weighted by Gasteiger charge is 2.46. The Hall–Kier alpha value is -1.32. The van der Waals surface area contributed by atoms with Gasteiger partial charge in [-0.05, 0) is 18.4 Å². The van der Waals surface area contributed by atoms with Crippen molar-refractivity contribution >= 4 is 5.78 Å². The summed E-state index contributed by atoms with van der Waals surface area (Å²) in [4.78, 5) is 11.5. The first kappa shape index (κ1) is 10.2. The number of rotatable bonds is 0. The molecule has 4 heteroatoms. The number of Topliss-reactive ketones (excluding diaryl/α,β-unsaturated/α-hetero) is 1. The number of alkyl halides is 3. The third kappa shape index (κ3) is 1.76. The minimum Gasteiger partial charge on any atom is -0.293 e. The predicted molar refractivity (Wildman–Crippen MR) is 48.6 cm³/mol. The molecule has 1 aromatic rings. The molecule has 1 aliphatic rings. The van der Waals surface area contributed by atoms with Gasteiger partial charge < -0.3 is 0 Å². The third-order valence-electron chi connectivity index (χ3n) is 2.70. The van der Waals surface area contributed by atoms with Crippen LogP contribution in [0, 0.1) is 5.92 Å². The molecule has 0 amide bonds. The van der Waals surface area contributed by atoms with Crippen LogP contribution in [-0.4, -0.2) is 12.0 Å². The van der Waals surface area contributed by atoms with Gasteiger partial charge in [0.05, 0.1) is 0 Å². The first-order valence-electron chi connectivity index (χ1n) is 4.69. The highest BCUT2D eigenvalue weighted by atomic mass is 19.4. The molecular weight excluding hydrogens is 205 g/mol. The van der Waals surface area contributed by atoms with Crippen molar-refractivity contribution in [2.45, 2.75) is 19.0 Å². The molecule has 15 heavy (non-hydrogen) atoms. The van der Waals surface area contributed by atoms with Crippen LogP contribution in [0.3, 0.4) is 0 Å². The molecule has 0 aromatic heterocycles. The summed E-state index contributed by atoms with van der Waals surface area (Å²) in [6.07, 6.45) is -4.21. The van der Waals surface area contributed by atoms with Gasteiger partial charge in [0.1, 0.15) is 5.92 Å². The Balaban J connectivity index is 2.38. The molecule has 2 rings (SSSR count). The summed E-state index contributed by atoms with van der Waals surface area (Å²) in [6.45, 7) is 0. The van der Waals surface area contributed by atoms with Crippen LogP contribution < -0.4 is 0 Å². The lowest BCUT2D eigenvalue weighted by atomic mass is 9.82. The molecular formula is C11H9F3O. The highest BCUT2D eigenvalue weighted by molar-refractivity contribution is 6.00. The average molecular weight is 214 g/mol. The van der Waals surface area contributed by atoms with Gasteiger partial charge in [-0.3, -0.25) is 4.79 Å². The van der Waals surface area contributed by atoms with Crippen LogP contribution in [0.2, 0.25) is 0 Å². The molecule has 0 unspecified atom stereocenters. The molecule has 0 N–H and O–H groups in total. The van der Waals surface area contributed by atoms with Crippen LogP contribution in [0.1, 0.15) is 22.3 Å². The molecule has 0 heterocycles. The Kier molecular flexibility index (Phi) is 2.29. The van der Waals surface area contributed by atoms with Crippen LogP contribution in [-0.2, 0) is 6.42 Å². The van der Waals surface area contributed by atoms with Gasteiger partial charge in [-0.25, -0.2) is 0 Å². The Labute approximate surface area is 84.9 Å². The third-order valence-corrected chi connectivity index (χ3v) is 2.70. The zero-order chi connectivity index (χ0) is 11.1. The van der Waals surface area contributed by atoms with E-state index in [1.54, 1.807) is 18.2 Å². The van der Waals surface area contributed by atoms with Crippen LogP contribution >= 0.6 is 0 Å². The smallest absolute Gasteiger partial charge is 0.293 e. The summed E-state index contributed by atoms with van der Waals surface area (Å²) in [5.41, 5.74) is 0.953. The first-order valence-corrected chi connectivity index (χ1v) is 4.69. The van der Waals surface area contributed by atoms with E-state index in [2.05, 4.69) is 0 Å². The van der Waals surface area contributed by atoms with Crippen molar-refractivity contribution in [2.24, 2.45) is 5.92 Å². The second-order valence-corrected chi connectivity index (χ2v) is 3.65. The van der Waals surface area contributed by atoms with E-state index in [-0.39, 0.29) is 12.0 Å². The van der Waals surface area contributed by atoms with Gasteiger partial charge in [-0.15, -0.1) is 0 Å². The van der Waals surface area contributed by atoms with E-state index in [1.807, 2.05) is 0 Å². The van der Waals surface area contributed by atoms with Crippen molar-refractivity contribution in [3.63, 3.8) is 0 Å². The van der Waals surface area contributed by atoms with E-state index in [9.17, 15) is 18.0 Å².